The number of alkyl halides is 3. The molecule has 0 aliphatic carbocycles. The number of aryl methyl sites for hydroxylation is 2. The number of carbonyl (C=O) groups is 3. The zero-order chi connectivity index (χ0) is 35.1. The van der Waals surface area contributed by atoms with Crippen LogP contribution in [0.5, 0.6) is 0 Å². The van der Waals surface area contributed by atoms with Crippen molar-refractivity contribution in [1.29, 1.82) is 0 Å². The first-order valence-electron chi connectivity index (χ1n) is 15.4. The molecule has 1 aromatic heterocycles. The average Bonchev–Trinajstić information content (AvgIpc) is 3.00. The maximum Gasteiger partial charge on any atom is 0.416 e. The number of rotatable bonds is 9. The van der Waals surface area contributed by atoms with Crippen molar-refractivity contribution >= 4 is 17.8 Å². The quantitative estimate of drug-likeness (QED) is 0.360. The van der Waals surface area contributed by atoms with Gasteiger partial charge in [-0.25, -0.2) is 14.8 Å². The van der Waals surface area contributed by atoms with Gasteiger partial charge in [0.15, 0.2) is 6.10 Å². The number of benzene rings is 1. The van der Waals surface area contributed by atoms with Crippen molar-refractivity contribution in [2.75, 3.05) is 46.4 Å². The number of hydrogen-bond acceptors (Lipinski definition) is 9. The van der Waals surface area contributed by atoms with E-state index >= 15 is 0 Å². The van der Waals surface area contributed by atoms with Gasteiger partial charge in [-0.3, -0.25) is 19.4 Å². The summed E-state index contributed by atoms with van der Waals surface area (Å²) in [5, 5.41) is 24.1. The smallest absolute Gasteiger partial charge is 0.416 e. The molecule has 1 amide bonds. The van der Waals surface area contributed by atoms with Crippen LogP contribution in [-0.2, 0) is 20.5 Å². The minimum Gasteiger partial charge on any atom is -0.481 e. The third kappa shape index (κ3) is 9.69. The van der Waals surface area contributed by atoms with Gasteiger partial charge in [0, 0.05) is 51.4 Å². The van der Waals surface area contributed by atoms with Crippen molar-refractivity contribution in [2.24, 2.45) is 0 Å². The molecule has 0 bridgehead atoms. The van der Waals surface area contributed by atoms with E-state index < -0.39 is 36.2 Å². The second-order valence-corrected chi connectivity index (χ2v) is 12.3. The predicted molar refractivity (Wildman–Crippen MR) is 165 cm³/mol. The highest BCUT2D eigenvalue weighted by Gasteiger charge is 2.41. The Balaban J connectivity index is 0.000000584. The lowest BCUT2D eigenvalue weighted by atomic mass is 9.86. The van der Waals surface area contributed by atoms with Crippen molar-refractivity contribution in [2.45, 2.75) is 76.9 Å². The normalized spacial score (nSPS) is 20.1. The standard InChI is InChI=1S/C28H38F3N5O2.C4H6O5/c1-19-16-35(14-15-36(19)24(17-38-5)22-6-8-23(9-7-22)28(29,30)31)27(4)10-12-34(13-11-27)26(37)25-20(2)32-18-33-21(25)3;5-2(4(8)9)1-3(6)7/h6-9,18-19,24H,10-17H2,1-5H3;2,5H,1H2,(H,6,7)(H,8,9)/t19-,24?;/m0./s1. The van der Waals surface area contributed by atoms with E-state index in [2.05, 4.69) is 33.6 Å². The molecule has 2 unspecified atom stereocenters. The summed E-state index contributed by atoms with van der Waals surface area (Å²) in [6.45, 7) is 12.4. The average molecular weight is 668 g/mol. The molecule has 0 spiro atoms. The summed E-state index contributed by atoms with van der Waals surface area (Å²) in [4.78, 5) is 47.8. The van der Waals surface area contributed by atoms with Gasteiger partial charge in [0.05, 0.1) is 41.6 Å². The number of ether oxygens (including phenoxy) is 1. The summed E-state index contributed by atoms with van der Waals surface area (Å²) in [6, 6.07) is 5.52. The Bertz CT molecular complexity index is 1360. The molecule has 15 heteroatoms. The van der Waals surface area contributed by atoms with Crippen LogP contribution in [0, 0.1) is 13.8 Å². The van der Waals surface area contributed by atoms with Crippen LogP contribution in [0.4, 0.5) is 13.2 Å². The van der Waals surface area contributed by atoms with Gasteiger partial charge in [-0.05, 0) is 58.2 Å². The first kappa shape index (κ1) is 37.8. The van der Waals surface area contributed by atoms with Crippen molar-refractivity contribution in [3.05, 3.63) is 58.7 Å². The minimum absolute atomic E-state index is 0.000198. The fourth-order valence-electron chi connectivity index (χ4n) is 6.18. The van der Waals surface area contributed by atoms with Gasteiger partial charge in [-0.2, -0.15) is 13.2 Å². The molecule has 2 saturated heterocycles. The first-order valence-corrected chi connectivity index (χ1v) is 15.4. The molecule has 2 aliphatic rings. The number of carbonyl (C=O) groups excluding carboxylic acids is 1. The number of aliphatic carboxylic acids is 2. The summed E-state index contributed by atoms with van der Waals surface area (Å²) >= 11 is 0. The molecule has 260 valence electrons. The molecule has 2 aromatic rings. The van der Waals surface area contributed by atoms with Crippen LogP contribution in [0.15, 0.2) is 30.6 Å². The van der Waals surface area contributed by atoms with Crippen LogP contribution in [0.2, 0.25) is 0 Å². The molecular formula is C32H44F3N5O7. The van der Waals surface area contributed by atoms with Crippen molar-refractivity contribution in [3.8, 4) is 0 Å². The largest absolute Gasteiger partial charge is 0.481 e. The number of piperazine rings is 1. The SMILES string of the molecule is COCC(c1ccc(C(F)(F)F)cc1)N1CCN(C2(C)CCN(C(=O)c3c(C)ncnc3C)CC2)C[C@@H]1C.O=C(O)CC(O)C(=O)O. The molecule has 4 rings (SSSR count). The Morgan fingerprint density at radius 1 is 1.02 bits per heavy atom. The number of nitrogens with zero attached hydrogens (tertiary/aromatic N) is 5. The second kappa shape index (κ2) is 16.0. The van der Waals surface area contributed by atoms with E-state index in [9.17, 15) is 27.6 Å². The molecule has 12 nitrogen and oxygen atoms in total. The molecule has 3 atom stereocenters. The summed E-state index contributed by atoms with van der Waals surface area (Å²) in [5.41, 5.74) is 2.18. The third-order valence-electron chi connectivity index (χ3n) is 9.01. The highest BCUT2D eigenvalue weighted by molar-refractivity contribution is 5.96. The summed E-state index contributed by atoms with van der Waals surface area (Å²) in [6.07, 6.45) is -3.66. The Labute approximate surface area is 272 Å². The highest BCUT2D eigenvalue weighted by Crippen LogP contribution is 2.35. The van der Waals surface area contributed by atoms with Gasteiger partial charge in [-0.15, -0.1) is 0 Å². The Morgan fingerprint density at radius 2 is 1.60 bits per heavy atom. The molecular weight excluding hydrogens is 623 g/mol. The molecule has 3 N–H and O–H groups in total. The molecule has 47 heavy (non-hydrogen) atoms. The number of hydrogen-bond donors (Lipinski definition) is 3. The monoisotopic (exact) mass is 667 g/mol. The van der Waals surface area contributed by atoms with Gasteiger partial charge < -0.3 is 25.0 Å². The molecule has 3 heterocycles. The maximum absolute atomic E-state index is 13.2. The van der Waals surface area contributed by atoms with E-state index in [1.54, 1.807) is 19.2 Å². The topological polar surface area (TPSA) is 157 Å². The number of aliphatic hydroxyl groups is 1. The Hall–Kier alpha value is -3.66. The third-order valence-corrected chi connectivity index (χ3v) is 9.01. The molecule has 0 saturated carbocycles. The first-order chi connectivity index (χ1) is 22.0. The number of likely N-dealkylation sites (tertiary alicyclic amines) is 1. The van der Waals surface area contributed by atoms with Crippen molar-refractivity contribution in [3.63, 3.8) is 0 Å². The number of aromatic nitrogens is 2. The zero-order valence-electron chi connectivity index (χ0n) is 27.3. The fourth-order valence-corrected chi connectivity index (χ4v) is 6.18. The molecule has 2 aliphatic heterocycles. The Kier molecular flexibility index (Phi) is 12.8. The lowest BCUT2D eigenvalue weighted by Gasteiger charge is -2.52. The van der Waals surface area contributed by atoms with Gasteiger partial charge in [0.25, 0.3) is 5.91 Å². The minimum atomic E-state index is -4.35. The number of halogens is 3. The number of amides is 1. The summed E-state index contributed by atoms with van der Waals surface area (Å²) < 4.78 is 44.7. The lowest BCUT2D eigenvalue weighted by Crippen LogP contribution is -2.62. The lowest BCUT2D eigenvalue weighted by molar-refractivity contribution is -0.152. The summed E-state index contributed by atoms with van der Waals surface area (Å²) in [5.74, 6) is -2.85. The van der Waals surface area contributed by atoms with E-state index in [-0.39, 0.29) is 23.5 Å². The van der Waals surface area contributed by atoms with E-state index in [1.807, 2.05) is 18.7 Å². The number of piperidine rings is 1. The number of methoxy groups -OCH3 is 1. The van der Waals surface area contributed by atoms with E-state index in [4.69, 9.17) is 20.1 Å². The maximum atomic E-state index is 13.2. The van der Waals surface area contributed by atoms with E-state index in [0.29, 0.717) is 36.6 Å². The predicted octanol–water partition coefficient (Wildman–Crippen LogP) is 3.41. The number of aliphatic hydroxyl groups excluding tert-OH is 1. The van der Waals surface area contributed by atoms with E-state index in [0.717, 1.165) is 50.2 Å². The van der Waals surface area contributed by atoms with Crippen LogP contribution >= 0.6 is 0 Å². The van der Waals surface area contributed by atoms with Gasteiger partial charge in [0.1, 0.15) is 6.33 Å². The van der Waals surface area contributed by atoms with Crippen LogP contribution in [-0.4, -0.2) is 122 Å². The second-order valence-electron chi connectivity index (χ2n) is 12.3. The molecule has 0 radical (unpaired) electrons. The fraction of sp³-hybridized carbons (Fsp3) is 0.594. The van der Waals surface area contributed by atoms with Crippen LogP contribution in [0.3, 0.4) is 0 Å². The summed E-state index contributed by atoms with van der Waals surface area (Å²) in [7, 11) is 1.62. The van der Waals surface area contributed by atoms with Gasteiger partial charge >= 0.3 is 18.1 Å². The van der Waals surface area contributed by atoms with Crippen LogP contribution in [0.25, 0.3) is 0 Å². The van der Waals surface area contributed by atoms with Crippen molar-refractivity contribution < 1.29 is 47.6 Å². The van der Waals surface area contributed by atoms with E-state index in [1.165, 1.54) is 6.33 Å². The highest BCUT2D eigenvalue weighted by atomic mass is 19.4. The number of carboxylic acids is 2. The zero-order valence-corrected chi connectivity index (χ0v) is 27.3. The molecule has 1 aromatic carbocycles. The Morgan fingerprint density at radius 3 is 2.04 bits per heavy atom. The van der Waals surface area contributed by atoms with Crippen LogP contribution in [0.1, 0.15) is 72.0 Å². The van der Waals surface area contributed by atoms with Gasteiger partial charge in [0.2, 0.25) is 0 Å². The molecule has 2 fully saturated rings. The van der Waals surface area contributed by atoms with Crippen molar-refractivity contribution in [1.82, 2.24) is 24.7 Å². The number of carboxylic acid groups (broad SMARTS) is 2. The van der Waals surface area contributed by atoms with Gasteiger partial charge in [-0.1, -0.05) is 12.1 Å². The van der Waals surface area contributed by atoms with Crippen LogP contribution < -0.4 is 0 Å².